The van der Waals surface area contributed by atoms with Crippen LogP contribution < -0.4 is 20.5 Å². The zero-order chi connectivity index (χ0) is 21.6. The minimum atomic E-state index is -0.560. The number of aromatic nitrogens is 1. The van der Waals surface area contributed by atoms with Crippen LogP contribution in [0.5, 0.6) is 11.5 Å². The third kappa shape index (κ3) is 3.38. The number of fused-ring (bicyclic) bond motifs is 1. The molecule has 1 saturated carbocycles. The minimum absolute atomic E-state index is 0. The van der Waals surface area contributed by atoms with E-state index in [0.717, 1.165) is 35.2 Å². The molecular weight excluding hydrogens is 394 g/mol. The molecule has 0 spiro atoms. The Kier molecular flexibility index (Phi) is 4.39. The van der Waals surface area contributed by atoms with E-state index in [2.05, 4.69) is 10.3 Å². The molecule has 0 atom stereocenters. The Hall–Kier alpha value is -3.87. The van der Waals surface area contributed by atoms with Gasteiger partial charge in [-0.05, 0) is 61.2 Å². The van der Waals surface area contributed by atoms with Gasteiger partial charge in [-0.3, -0.25) is 14.6 Å². The van der Waals surface area contributed by atoms with E-state index in [-0.39, 0.29) is 14.1 Å². The maximum absolute atomic E-state index is 13.2. The third-order valence-electron chi connectivity index (χ3n) is 5.94. The monoisotopic (exact) mass is 417 g/mol. The summed E-state index contributed by atoms with van der Waals surface area (Å²) in [7, 11) is 0. The van der Waals surface area contributed by atoms with E-state index in [1.807, 2.05) is 43.3 Å². The number of primary amides is 1. The lowest BCUT2D eigenvalue weighted by Crippen LogP contribution is -2.27. The first-order valence-electron chi connectivity index (χ1n) is 10.0. The third-order valence-corrected chi connectivity index (χ3v) is 5.94. The molecule has 3 N–H and O–H groups in total. The number of rotatable bonds is 5. The standard InChI is InChI=1S/C24H21N3O4.H2/c1-14-19(15-2-4-16(5-3-15)22(25)28)11-18(12-26-14)27-23(29)24(8-9-24)17-6-7-20-21(10-17)31-13-30-20;/h2-7,10-12H,8-9,13H2,1H3,(H2,25,28)(H,27,29);1H. The molecule has 1 fully saturated rings. The normalized spacial score (nSPS) is 15.4. The topological polar surface area (TPSA) is 104 Å². The van der Waals surface area contributed by atoms with Gasteiger partial charge < -0.3 is 20.5 Å². The molecule has 1 aliphatic carbocycles. The summed E-state index contributed by atoms with van der Waals surface area (Å²) in [5.74, 6) is 0.845. The Morgan fingerprint density at radius 1 is 1.06 bits per heavy atom. The Balaban J connectivity index is 0.00000245. The molecule has 2 heterocycles. The summed E-state index contributed by atoms with van der Waals surface area (Å²) >= 11 is 0. The summed E-state index contributed by atoms with van der Waals surface area (Å²) in [5, 5.41) is 3.03. The Morgan fingerprint density at radius 3 is 2.52 bits per heavy atom. The number of pyridine rings is 1. The van der Waals surface area contributed by atoms with Gasteiger partial charge in [0.05, 0.1) is 17.3 Å². The van der Waals surface area contributed by atoms with Crippen molar-refractivity contribution in [1.82, 2.24) is 4.98 Å². The number of aryl methyl sites for hydroxylation is 1. The van der Waals surface area contributed by atoms with Crippen LogP contribution in [0, 0.1) is 6.92 Å². The van der Waals surface area contributed by atoms with Gasteiger partial charge in [-0.15, -0.1) is 0 Å². The molecule has 1 aliphatic heterocycles. The van der Waals surface area contributed by atoms with Crippen molar-refractivity contribution in [2.24, 2.45) is 5.73 Å². The largest absolute Gasteiger partial charge is 0.454 e. The number of ether oxygens (including phenoxy) is 2. The van der Waals surface area contributed by atoms with E-state index in [1.54, 1.807) is 18.3 Å². The molecule has 158 valence electrons. The number of nitrogens with one attached hydrogen (secondary N) is 1. The van der Waals surface area contributed by atoms with Crippen LogP contribution in [-0.2, 0) is 10.2 Å². The zero-order valence-electron chi connectivity index (χ0n) is 17.0. The van der Waals surface area contributed by atoms with Crippen molar-refractivity contribution in [3.63, 3.8) is 0 Å². The van der Waals surface area contributed by atoms with Gasteiger partial charge in [0.1, 0.15) is 0 Å². The number of anilines is 1. The number of carbonyl (C=O) groups is 2. The summed E-state index contributed by atoms with van der Waals surface area (Å²) in [6.07, 6.45) is 3.21. The predicted octanol–water partition coefficient (Wildman–Crippen LogP) is 3.80. The molecule has 2 aliphatic rings. The van der Waals surface area contributed by atoms with Crippen molar-refractivity contribution in [1.29, 1.82) is 0 Å². The van der Waals surface area contributed by atoms with Crippen LogP contribution in [0.25, 0.3) is 11.1 Å². The smallest absolute Gasteiger partial charge is 0.248 e. The second-order valence-corrected chi connectivity index (χ2v) is 7.90. The molecule has 0 saturated heterocycles. The van der Waals surface area contributed by atoms with E-state index in [1.165, 1.54) is 0 Å². The first-order chi connectivity index (χ1) is 15.0. The Bertz CT molecular complexity index is 1210. The molecule has 5 rings (SSSR count). The van der Waals surface area contributed by atoms with Crippen molar-refractivity contribution >= 4 is 17.5 Å². The molecule has 31 heavy (non-hydrogen) atoms. The molecule has 0 unspecified atom stereocenters. The maximum atomic E-state index is 13.2. The molecule has 7 nitrogen and oxygen atoms in total. The van der Waals surface area contributed by atoms with E-state index >= 15 is 0 Å². The number of hydrogen-bond acceptors (Lipinski definition) is 5. The van der Waals surface area contributed by atoms with Gasteiger partial charge in [0.15, 0.2) is 11.5 Å². The molecule has 1 aromatic heterocycles. The van der Waals surface area contributed by atoms with Gasteiger partial charge in [-0.25, -0.2) is 0 Å². The van der Waals surface area contributed by atoms with Gasteiger partial charge in [-0.1, -0.05) is 18.2 Å². The molecule has 7 heteroatoms. The molecule has 0 radical (unpaired) electrons. The van der Waals surface area contributed by atoms with E-state index in [4.69, 9.17) is 15.2 Å². The van der Waals surface area contributed by atoms with Gasteiger partial charge >= 0.3 is 0 Å². The van der Waals surface area contributed by atoms with Crippen LogP contribution in [0.4, 0.5) is 5.69 Å². The number of nitrogens with zero attached hydrogens (tertiary/aromatic N) is 1. The highest BCUT2D eigenvalue weighted by molar-refractivity contribution is 6.02. The first kappa shape index (κ1) is 19.1. The van der Waals surface area contributed by atoms with Gasteiger partial charge in [0, 0.05) is 18.2 Å². The fourth-order valence-electron chi connectivity index (χ4n) is 3.92. The summed E-state index contributed by atoms with van der Waals surface area (Å²) in [6.45, 7) is 2.11. The van der Waals surface area contributed by atoms with Crippen LogP contribution in [0.15, 0.2) is 54.7 Å². The number of nitrogens with two attached hydrogens (primary N) is 1. The highest BCUT2D eigenvalue weighted by Crippen LogP contribution is 2.51. The van der Waals surface area contributed by atoms with Crippen LogP contribution in [-0.4, -0.2) is 23.6 Å². The van der Waals surface area contributed by atoms with Crippen LogP contribution in [0.1, 0.15) is 35.9 Å². The fraction of sp³-hybridized carbons (Fsp3) is 0.208. The summed E-state index contributed by atoms with van der Waals surface area (Å²) < 4.78 is 10.8. The van der Waals surface area contributed by atoms with Crippen molar-refractivity contribution < 1.29 is 20.5 Å². The summed E-state index contributed by atoms with van der Waals surface area (Å²) in [5.41, 5.74) is 9.34. The lowest BCUT2D eigenvalue weighted by molar-refractivity contribution is -0.118. The lowest BCUT2D eigenvalue weighted by Gasteiger charge is -2.17. The fourth-order valence-corrected chi connectivity index (χ4v) is 3.92. The maximum Gasteiger partial charge on any atom is 0.248 e. The average molecular weight is 417 g/mol. The van der Waals surface area contributed by atoms with E-state index in [0.29, 0.717) is 22.7 Å². The van der Waals surface area contributed by atoms with Crippen molar-refractivity contribution in [2.45, 2.75) is 25.2 Å². The number of benzene rings is 2. The second kappa shape index (κ2) is 7.12. The van der Waals surface area contributed by atoms with Crippen molar-refractivity contribution in [3.8, 4) is 22.6 Å². The average Bonchev–Trinajstić information content (AvgIpc) is 3.46. The molecular formula is C24H23N3O4. The quantitative estimate of drug-likeness (QED) is 0.657. The number of hydrogen-bond donors (Lipinski definition) is 2. The zero-order valence-corrected chi connectivity index (χ0v) is 17.0. The van der Waals surface area contributed by atoms with Crippen LogP contribution >= 0.6 is 0 Å². The summed E-state index contributed by atoms with van der Waals surface area (Å²) in [6, 6.07) is 14.6. The summed E-state index contributed by atoms with van der Waals surface area (Å²) in [4.78, 5) is 29.0. The van der Waals surface area contributed by atoms with Crippen molar-refractivity contribution in [3.05, 3.63) is 71.5 Å². The SMILES string of the molecule is Cc1ncc(NC(=O)C2(c3ccc4c(c3)OCO4)CC2)cc1-c1ccc(C(N)=O)cc1.[HH]. The Labute approximate surface area is 180 Å². The van der Waals surface area contributed by atoms with Crippen LogP contribution in [0.3, 0.4) is 0 Å². The first-order valence-corrected chi connectivity index (χ1v) is 10.0. The van der Waals surface area contributed by atoms with Crippen molar-refractivity contribution in [2.75, 3.05) is 12.1 Å². The lowest BCUT2D eigenvalue weighted by atomic mass is 9.94. The minimum Gasteiger partial charge on any atom is -0.454 e. The highest BCUT2D eigenvalue weighted by atomic mass is 16.7. The Morgan fingerprint density at radius 2 is 1.81 bits per heavy atom. The molecule has 3 aromatic rings. The number of carbonyl (C=O) groups excluding carboxylic acids is 2. The van der Waals surface area contributed by atoms with E-state index in [9.17, 15) is 9.59 Å². The second-order valence-electron chi connectivity index (χ2n) is 7.90. The highest BCUT2D eigenvalue weighted by Gasteiger charge is 2.51. The molecule has 2 aromatic carbocycles. The molecule has 2 amide bonds. The van der Waals surface area contributed by atoms with Gasteiger partial charge in [-0.2, -0.15) is 0 Å². The van der Waals surface area contributed by atoms with E-state index < -0.39 is 11.3 Å². The van der Waals surface area contributed by atoms with Gasteiger partial charge in [0.2, 0.25) is 18.6 Å². The predicted molar refractivity (Wildman–Crippen MR) is 117 cm³/mol. The number of amides is 2. The molecule has 0 bridgehead atoms. The van der Waals surface area contributed by atoms with Gasteiger partial charge in [0.25, 0.3) is 0 Å². The van der Waals surface area contributed by atoms with Crippen LogP contribution in [0.2, 0.25) is 0 Å².